The first-order chi connectivity index (χ1) is 22.3. The Morgan fingerprint density at radius 2 is 1.04 bits per heavy atom. The van der Waals surface area contributed by atoms with Crippen LogP contribution >= 0.6 is 0 Å². The van der Waals surface area contributed by atoms with Gasteiger partial charge in [0, 0.05) is 70.2 Å². The molecule has 0 atom stereocenters. The van der Waals surface area contributed by atoms with Gasteiger partial charge in [-0.2, -0.15) is 0 Å². The lowest BCUT2D eigenvalue weighted by Crippen LogP contribution is -2.43. The maximum absolute atomic E-state index is 12.6. The first kappa shape index (κ1) is 29.4. The molecule has 0 saturated carbocycles. The van der Waals surface area contributed by atoms with Crippen LogP contribution in [0.3, 0.4) is 0 Å². The molecule has 0 spiro atoms. The van der Waals surface area contributed by atoms with Gasteiger partial charge in [-0.05, 0) is 36.4 Å². The maximum atomic E-state index is 12.6. The number of amides is 2. The number of nitrogens with zero attached hydrogens (tertiary/aromatic N) is 3. The molecule has 12 heteroatoms. The van der Waals surface area contributed by atoms with E-state index in [2.05, 4.69) is 9.80 Å². The summed E-state index contributed by atoms with van der Waals surface area (Å²) in [7, 11) is 0. The summed E-state index contributed by atoms with van der Waals surface area (Å²) in [5.74, 6) is -3.49. The molecule has 0 aromatic heterocycles. The molecule has 46 heavy (non-hydrogen) atoms. The van der Waals surface area contributed by atoms with Crippen LogP contribution in [0.2, 0.25) is 0 Å². The van der Waals surface area contributed by atoms with Crippen LogP contribution in [0.5, 0.6) is 0 Å². The third-order valence-electron chi connectivity index (χ3n) is 8.61. The van der Waals surface area contributed by atoms with Crippen molar-refractivity contribution in [1.29, 1.82) is 0 Å². The number of hydrogen-bond acceptors (Lipinski definition) is 10. The highest BCUT2D eigenvalue weighted by atomic mass is 16.6. The van der Waals surface area contributed by atoms with E-state index in [1.54, 1.807) is 30.3 Å². The van der Waals surface area contributed by atoms with Crippen LogP contribution in [-0.4, -0.2) is 98.9 Å². The van der Waals surface area contributed by atoms with Gasteiger partial charge in [0.05, 0.1) is 37.6 Å². The number of carbonyl (C=O) groups is 5. The number of benzene rings is 4. The number of carboxylic acid groups (broad SMARTS) is 1. The quantitative estimate of drug-likeness (QED) is 0.203. The fourth-order valence-electron chi connectivity index (χ4n) is 6.50. The Kier molecular flexibility index (Phi) is 7.59. The monoisotopic (exact) mass is 623 g/mol. The second kappa shape index (κ2) is 11.9. The number of ether oxygens (including phenoxy) is 3. The molecule has 2 amide bonds. The van der Waals surface area contributed by atoms with Crippen LogP contribution in [0.4, 0.5) is 11.4 Å². The number of esters is 2. The Balaban J connectivity index is 0.000000149. The Labute approximate surface area is 262 Å². The van der Waals surface area contributed by atoms with Gasteiger partial charge in [0.25, 0.3) is 11.8 Å². The van der Waals surface area contributed by atoms with E-state index in [-0.39, 0.29) is 0 Å². The Hall–Kier alpha value is -5.33. The molecule has 12 nitrogen and oxygen atoms in total. The number of cyclic esters (lactones) is 2. The van der Waals surface area contributed by atoms with E-state index >= 15 is 0 Å². The second-order valence-corrected chi connectivity index (χ2v) is 11.2. The fraction of sp³-hybridized carbons (Fsp3) is 0.265. The normalized spacial score (nSPS) is 17.6. The summed E-state index contributed by atoms with van der Waals surface area (Å²) in [6.07, 6.45) is 0. The first-order valence-corrected chi connectivity index (χ1v) is 14.9. The lowest BCUT2D eigenvalue weighted by molar-refractivity contribution is -0.137. The van der Waals surface area contributed by atoms with Crippen molar-refractivity contribution in [1.82, 2.24) is 4.90 Å². The molecule has 4 aromatic rings. The molecule has 0 bridgehead atoms. The molecular weight excluding hydrogens is 594 g/mol. The van der Waals surface area contributed by atoms with Crippen LogP contribution in [0.15, 0.2) is 60.7 Å². The van der Waals surface area contributed by atoms with Gasteiger partial charge < -0.3 is 29.1 Å². The van der Waals surface area contributed by atoms with Crippen LogP contribution < -0.4 is 9.80 Å². The Bertz CT molecular complexity index is 1900. The molecule has 4 heterocycles. The van der Waals surface area contributed by atoms with Crippen molar-refractivity contribution in [3.05, 3.63) is 82.9 Å². The first-order valence-electron chi connectivity index (χ1n) is 14.9. The molecule has 4 aliphatic rings. The van der Waals surface area contributed by atoms with E-state index in [0.717, 1.165) is 53.2 Å². The summed E-state index contributed by atoms with van der Waals surface area (Å²) in [6.45, 7) is 5.08. The van der Waals surface area contributed by atoms with Gasteiger partial charge >= 0.3 is 17.9 Å². The van der Waals surface area contributed by atoms with E-state index < -0.39 is 36.3 Å². The van der Waals surface area contributed by atoms with Crippen molar-refractivity contribution in [3.63, 3.8) is 0 Å². The zero-order valence-corrected chi connectivity index (χ0v) is 24.7. The van der Waals surface area contributed by atoms with Crippen molar-refractivity contribution in [2.24, 2.45) is 0 Å². The molecule has 0 radical (unpaired) electrons. The number of aliphatic carboxylic acids is 1. The number of imide groups is 1. The summed E-state index contributed by atoms with van der Waals surface area (Å²) in [4.78, 5) is 65.3. The van der Waals surface area contributed by atoms with Gasteiger partial charge in [0.15, 0.2) is 0 Å². The minimum absolute atomic E-state index is 0.364. The lowest BCUT2D eigenvalue weighted by Gasteiger charge is -2.32. The molecule has 0 unspecified atom stereocenters. The van der Waals surface area contributed by atoms with Crippen molar-refractivity contribution in [3.8, 4) is 0 Å². The molecule has 4 aliphatic heterocycles. The summed E-state index contributed by atoms with van der Waals surface area (Å²) in [6, 6.07) is 18.0. The van der Waals surface area contributed by atoms with Gasteiger partial charge in [0.1, 0.15) is 6.54 Å². The van der Waals surface area contributed by atoms with E-state index in [9.17, 15) is 24.0 Å². The second-order valence-electron chi connectivity index (χ2n) is 11.2. The molecule has 2 saturated heterocycles. The third kappa shape index (κ3) is 5.01. The number of anilines is 2. The maximum Gasteiger partial charge on any atom is 0.346 e. The van der Waals surface area contributed by atoms with Gasteiger partial charge in [-0.15, -0.1) is 0 Å². The average molecular weight is 624 g/mol. The average Bonchev–Trinajstić information content (AvgIpc) is 3.08. The third-order valence-corrected chi connectivity index (χ3v) is 8.61. The zero-order chi connectivity index (χ0) is 31.9. The molecule has 0 aliphatic carbocycles. The van der Waals surface area contributed by atoms with Gasteiger partial charge in [-0.25, -0.2) is 9.59 Å². The number of hydrogen-bond donors (Lipinski definition) is 1. The van der Waals surface area contributed by atoms with Crippen LogP contribution in [-0.2, 0) is 19.0 Å². The number of carbonyl (C=O) groups excluding carboxylic acids is 4. The summed E-state index contributed by atoms with van der Waals surface area (Å²) in [5.41, 5.74) is 3.62. The van der Waals surface area contributed by atoms with Crippen LogP contribution in [0, 0.1) is 0 Å². The highest BCUT2D eigenvalue weighted by Crippen LogP contribution is 2.37. The number of rotatable bonds is 4. The van der Waals surface area contributed by atoms with Crippen molar-refractivity contribution in [2.45, 2.75) is 0 Å². The van der Waals surface area contributed by atoms with Crippen molar-refractivity contribution < 1.29 is 43.3 Å². The van der Waals surface area contributed by atoms with Gasteiger partial charge in [-0.3, -0.25) is 19.3 Å². The minimum atomic E-state index is -1.22. The van der Waals surface area contributed by atoms with Crippen LogP contribution in [0.25, 0.3) is 21.5 Å². The highest BCUT2D eigenvalue weighted by molar-refractivity contribution is 6.27. The van der Waals surface area contributed by atoms with E-state index in [1.165, 1.54) is 0 Å². The highest BCUT2D eigenvalue weighted by Gasteiger charge is 2.35. The van der Waals surface area contributed by atoms with Gasteiger partial charge in [-0.1, -0.05) is 24.3 Å². The predicted octanol–water partition coefficient (Wildman–Crippen LogP) is 3.34. The standard InChI is InChI=1S/C18H16N2O5.C16H13NO4/c21-15(22)10-20-17(23)12-3-1-2-11-14(19-6-8-25-9-7-19)5-4-13(16(11)12)18(20)24;18-15-11-3-1-2-10-13(17-6-8-20-9-7-17)5-4-12(14(10)11)16(19)21-15/h1-5H,6-10H2,(H,21,22);1-5H,6-9H2. The number of carboxylic acids is 1. The molecule has 4 aromatic carbocycles. The smallest absolute Gasteiger partial charge is 0.346 e. The van der Waals surface area contributed by atoms with Crippen molar-refractivity contribution in [2.75, 3.05) is 69.0 Å². The van der Waals surface area contributed by atoms with Crippen LogP contribution in [0.1, 0.15) is 41.4 Å². The summed E-state index contributed by atoms with van der Waals surface area (Å²) >= 11 is 0. The van der Waals surface area contributed by atoms with E-state index in [1.807, 2.05) is 30.3 Å². The molecule has 2 fully saturated rings. The van der Waals surface area contributed by atoms with Crippen molar-refractivity contribution >= 4 is 62.6 Å². The Morgan fingerprint density at radius 1 is 0.609 bits per heavy atom. The largest absolute Gasteiger partial charge is 0.480 e. The SMILES string of the molecule is O=C(O)CN1C(=O)c2cccc3c(N4CCOCC4)ccc(c23)C1=O.O=C1OC(=O)c2ccc(N3CCOCC3)c3cccc1c23. The lowest BCUT2D eigenvalue weighted by atomic mass is 9.92. The molecule has 234 valence electrons. The topological polar surface area (TPSA) is 143 Å². The summed E-state index contributed by atoms with van der Waals surface area (Å²) in [5, 5.41) is 12.0. The Morgan fingerprint density at radius 3 is 1.57 bits per heavy atom. The fourth-order valence-corrected chi connectivity index (χ4v) is 6.50. The zero-order valence-electron chi connectivity index (χ0n) is 24.7. The number of morpholine rings is 2. The van der Waals surface area contributed by atoms with E-state index in [0.29, 0.717) is 59.5 Å². The van der Waals surface area contributed by atoms with Gasteiger partial charge in [0.2, 0.25) is 0 Å². The predicted molar refractivity (Wildman–Crippen MR) is 167 cm³/mol. The molecule has 1 N–H and O–H groups in total. The van der Waals surface area contributed by atoms with E-state index in [4.69, 9.17) is 19.3 Å². The summed E-state index contributed by atoms with van der Waals surface area (Å²) < 4.78 is 15.5. The molecular formula is C34H29N3O9. The molecule has 8 rings (SSSR count). The minimum Gasteiger partial charge on any atom is -0.480 e.